The molecule has 0 aliphatic heterocycles. The van der Waals surface area contributed by atoms with E-state index in [4.69, 9.17) is 0 Å². The van der Waals surface area contributed by atoms with Crippen LogP contribution in [0.15, 0.2) is 0 Å². The van der Waals surface area contributed by atoms with Crippen LogP contribution in [0.1, 0.15) is 52.4 Å². The molecule has 2 unspecified atom stereocenters. The summed E-state index contributed by atoms with van der Waals surface area (Å²) < 4.78 is 0. The lowest BCUT2D eigenvalue weighted by molar-refractivity contribution is -0.121. The highest BCUT2D eigenvalue weighted by molar-refractivity contribution is 5.76. The Labute approximate surface area is 105 Å². The number of nitrogens with one attached hydrogen (secondary N) is 2. The van der Waals surface area contributed by atoms with Gasteiger partial charge >= 0.3 is 0 Å². The molecule has 3 nitrogen and oxygen atoms in total. The van der Waals surface area contributed by atoms with Gasteiger partial charge in [0.1, 0.15) is 0 Å². The van der Waals surface area contributed by atoms with Gasteiger partial charge in [0.15, 0.2) is 0 Å². The Morgan fingerprint density at radius 1 is 1.12 bits per heavy atom. The van der Waals surface area contributed by atoms with Gasteiger partial charge in [-0.15, -0.1) is 0 Å². The van der Waals surface area contributed by atoms with Gasteiger partial charge in [-0.1, -0.05) is 20.3 Å². The van der Waals surface area contributed by atoms with Crippen LogP contribution in [-0.4, -0.2) is 24.5 Å². The summed E-state index contributed by atoms with van der Waals surface area (Å²) >= 11 is 0. The van der Waals surface area contributed by atoms with Gasteiger partial charge in [0, 0.05) is 25.0 Å². The second kappa shape index (κ2) is 5.85. The third-order valence-corrected chi connectivity index (χ3v) is 4.22. The molecule has 0 aromatic heterocycles. The first kappa shape index (κ1) is 12.9. The minimum absolute atomic E-state index is 0.219. The highest BCUT2D eigenvalue weighted by Crippen LogP contribution is 2.28. The molecule has 2 saturated carbocycles. The van der Waals surface area contributed by atoms with Crippen LogP contribution in [0.2, 0.25) is 0 Å². The lowest BCUT2D eigenvalue weighted by atomic mass is 9.79. The van der Waals surface area contributed by atoms with Crippen LogP contribution < -0.4 is 10.6 Å². The van der Waals surface area contributed by atoms with E-state index in [1.165, 1.54) is 32.1 Å². The fourth-order valence-electron chi connectivity index (χ4n) is 2.96. The summed E-state index contributed by atoms with van der Waals surface area (Å²) in [5.74, 6) is 1.73. The van der Waals surface area contributed by atoms with Gasteiger partial charge < -0.3 is 10.6 Å². The molecule has 0 bridgehead atoms. The average Bonchev–Trinajstić information content (AvgIpc) is 3.06. The van der Waals surface area contributed by atoms with Crippen LogP contribution in [0.4, 0.5) is 0 Å². The smallest absolute Gasteiger partial charge is 0.221 e. The Kier molecular flexibility index (Phi) is 4.43. The summed E-state index contributed by atoms with van der Waals surface area (Å²) in [5.41, 5.74) is 0. The molecule has 2 aliphatic rings. The number of carbonyl (C=O) groups is 1. The molecule has 1 amide bonds. The second-order valence-electron chi connectivity index (χ2n) is 5.96. The molecule has 0 heterocycles. The summed E-state index contributed by atoms with van der Waals surface area (Å²) in [5, 5.41) is 6.62. The lowest BCUT2D eigenvalue weighted by Gasteiger charge is -2.35. The van der Waals surface area contributed by atoms with Crippen LogP contribution in [0.3, 0.4) is 0 Å². The monoisotopic (exact) mass is 238 g/mol. The van der Waals surface area contributed by atoms with E-state index in [9.17, 15) is 4.79 Å². The van der Waals surface area contributed by atoms with E-state index >= 15 is 0 Å². The predicted octanol–water partition coefficient (Wildman–Crippen LogP) is 2.07. The summed E-state index contributed by atoms with van der Waals surface area (Å²) in [7, 11) is 0. The van der Waals surface area contributed by atoms with Crippen molar-refractivity contribution in [2.45, 2.75) is 64.5 Å². The first-order valence-electron chi connectivity index (χ1n) is 7.19. The molecule has 2 aliphatic carbocycles. The maximum Gasteiger partial charge on any atom is 0.221 e. The van der Waals surface area contributed by atoms with Crippen molar-refractivity contribution in [3.05, 3.63) is 0 Å². The molecule has 98 valence electrons. The molecule has 0 aromatic carbocycles. The van der Waals surface area contributed by atoms with Crippen LogP contribution in [0, 0.1) is 11.8 Å². The van der Waals surface area contributed by atoms with Crippen molar-refractivity contribution in [1.82, 2.24) is 10.6 Å². The maximum atomic E-state index is 11.5. The first-order valence-corrected chi connectivity index (χ1v) is 7.19. The van der Waals surface area contributed by atoms with E-state index in [1.54, 1.807) is 0 Å². The van der Waals surface area contributed by atoms with Crippen LogP contribution in [0.25, 0.3) is 0 Å². The summed E-state index contributed by atoms with van der Waals surface area (Å²) in [4.78, 5) is 11.5. The average molecular weight is 238 g/mol. The van der Waals surface area contributed by atoms with Gasteiger partial charge in [-0.05, 0) is 37.5 Å². The van der Waals surface area contributed by atoms with E-state index in [0.717, 1.165) is 18.4 Å². The molecule has 3 heteroatoms. The molecule has 2 fully saturated rings. The zero-order valence-electron chi connectivity index (χ0n) is 11.2. The van der Waals surface area contributed by atoms with Crippen molar-refractivity contribution >= 4 is 5.91 Å². The number of carbonyl (C=O) groups excluding carboxylic acids is 1. The molecule has 2 rings (SSSR count). The number of hydrogen-bond donors (Lipinski definition) is 2. The molecule has 0 radical (unpaired) electrons. The summed E-state index contributed by atoms with van der Waals surface area (Å²) in [6.07, 6.45) is 7.01. The van der Waals surface area contributed by atoms with Crippen molar-refractivity contribution in [3.8, 4) is 0 Å². The standard InChI is InChI=1S/C14H26N2O/c1-10-4-3-5-11(2)14(10)15-9-8-13(17)16-12-6-7-12/h10-12,14-15H,3-9H2,1-2H3,(H,16,17). The summed E-state index contributed by atoms with van der Waals surface area (Å²) in [6, 6.07) is 1.10. The largest absolute Gasteiger partial charge is 0.353 e. The van der Waals surface area contributed by atoms with Gasteiger partial charge in [0.25, 0.3) is 0 Å². The molecular weight excluding hydrogens is 212 g/mol. The van der Waals surface area contributed by atoms with Gasteiger partial charge in [-0.2, -0.15) is 0 Å². The second-order valence-corrected chi connectivity index (χ2v) is 5.96. The SMILES string of the molecule is CC1CCCC(C)C1NCCC(=O)NC1CC1. The van der Waals surface area contributed by atoms with E-state index in [1.807, 2.05) is 0 Å². The quantitative estimate of drug-likeness (QED) is 0.770. The van der Waals surface area contributed by atoms with E-state index in [-0.39, 0.29) is 5.91 Å². The van der Waals surface area contributed by atoms with E-state index in [0.29, 0.717) is 18.5 Å². The summed E-state index contributed by atoms with van der Waals surface area (Å²) in [6.45, 7) is 5.49. The Morgan fingerprint density at radius 3 is 2.35 bits per heavy atom. The lowest BCUT2D eigenvalue weighted by Crippen LogP contribution is -2.44. The fraction of sp³-hybridized carbons (Fsp3) is 0.929. The number of amides is 1. The number of hydrogen-bond acceptors (Lipinski definition) is 2. The molecule has 0 saturated heterocycles. The van der Waals surface area contributed by atoms with Crippen molar-refractivity contribution < 1.29 is 4.79 Å². The molecule has 0 aromatic rings. The topological polar surface area (TPSA) is 41.1 Å². The van der Waals surface area contributed by atoms with Crippen LogP contribution in [0.5, 0.6) is 0 Å². The van der Waals surface area contributed by atoms with Crippen LogP contribution >= 0.6 is 0 Å². The molecule has 0 spiro atoms. The Morgan fingerprint density at radius 2 is 1.76 bits per heavy atom. The van der Waals surface area contributed by atoms with E-state index in [2.05, 4.69) is 24.5 Å². The third-order valence-electron chi connectivity index (χ3n) is 4.22. The maximum absolute atomic E-state index is 11.5. The zero-order valence-corrected chi connectivity index (χ0v) is 11.2. The van der Waals surface area contributed by atoms with Crippen molar-refractivity contribution in [2.24, 2.45) is 11.8 Å². The highest BCUT2D eigenvalue weighted by Gasteiger charge is 2.27. The predicted molar refractivity (Wildman–Crippen MR) is 69.8 cm³/mol. The molecule has 2 N–H and O–H groups in total. The first-order chi connectivity index (χ1) is 8.16. The zero-order chi connectivity index (χ0) is 12.3. The van der Waals surface area contributed by atoms with Gasteiger partial charge in [0.05, 0.1) is 0 Å². The Hall–Kier alpha value is -0.570. The Balaban J connectivity index is 1.63. The minimum atomic E-state index is 0.219. The highest BCUT2D eigenvalue weighted by atomic mass is 16.1. The van der Waals surface area contributed by atoms with Crippen molar-refractivity contribution in [3.63, 3.8) is 0 Å². The van der Waals surface area contributed by atoms with Crippen LogP contribution in [-0.2, 0) is 4.79 Å². The van der Waals surface area contributed by atoms with Crippen molar-refractivity contribution in [1.29, 1.82) is 0 Å². The van der Waals surface area contributed by atoms with Gasteiger partial charge in [0.2, 0.25) is 5.91 Å². The molecule has 17 heavy (non-hydrogen) atoms. The van der Waals surface area contributed by atoms with Gasteiger partial charge in [-0.25, -0.2) is 0 Å². The Bertz CT molecular complexity index is 253. The number of rotatable bonds is 5. The third kappa shape index (κ3) is 3.98. The normalized spacial score (nSPS) is 33.4. The molecular formula is C14H26N2O. The fourth-order valence-corrected chi connectivity index (χ4v) is 2.96. The minimum Gasteiger partial charge on any atom is -0.353 e. The van der Waals surface area contributed by atoms with Crippen molar-refractivity contribution in [2.75, 3.05) is 6.54 Å². The van der Waals surface area contributed by atoms with E-state index < -0.39 is 0 Å². The molecule has 2 atom stereocenters. The van der Waals surface area contributed by atoms with Gasteiger partial charge in [-0.3, -0.25) is 4.79 Å².